The molecule has 0 radical (unpaired) electrons. The summed E-state index contributed by atoms with van der Waals surface area (Å²) in [5.74, 6) is 6.51. The molecular formula is C26H25N3O3. The number of fused-ring (bicyclic) bond motifs is 1. The van der Waals surface area contributed by atoms with Gasteiger partial charge in [-0.2, -0.15) is 0 Å². The lowest BCUT2D eigenvalue weighted by Crippen LogP contribution is -2.29. The fraction of sp³-hybridized carbons (Fsp3) is 0.192. The van der Waals surface area contributed by atoms with Gasteiger partial charge in [-0.25, -0.2) is 4.98 Å². The van der Waals surface area contributed by atoms with Gasteiger partial charge in [0.25, 0.3) is 5.56 Å². The second-order valence-corrected chi connectivity index (χ2v) is 7.14. The summed E-state index contributed by atoms with van der Waals surface area (Å²) >= 11 is 0. The Morgan fingerprint density at radius 2 is 2.03 bits per heavy atom. The van der Waals surface area contributed by atoms with E-state index in [2.05, 4.69) is 22.1 Å². The lowest BCUT2D eigenvalue weighted by molar-refractivity contribution is -0.119. The number of amides is 1. The molecule has 1 amide bonds. The van der Waals surface area contributed by atoms with Crippen LogP contribution in [0.2, 0.25) is 0 Å². The van der Waals surface area contributed by atoms with Crippen LogP contribution < -0.4 is 15.6 Å². The Hall–Kier alpha value is -4.11. The summed E-state index contributed by atoms with van der Waals surface area (Å²) < 4.78 is 6.71. The molecule has 0 aliphatic rings. The zero-order valence-electron chi connectivity index (χ0n) is 18.5. The zero-order chi connectivity index (χ0) is 23.1. The van der Waals surface area contributed by atoms with Crippen molar-refractivity contribution in [2.24, 2.45) is 0 Å². The molecule has 1 atom stereocenters. The van der Waals surface area contributed by atoms with E-state index in [1.54, 1.807) is 42.3 Å². The molecule has 0 aliphatic heterocycles. The first-order chi connectivity index (χ1) is 15.4. The van der Waals surface area contributed by atoms with Crippen LogP contribution in [0.1, 0.15) is 43.6 Å². The van der Waals surface area contributed by atoms with Crippen molar-refractivity contribution >= 4 is 22.9 Å². The van der Waals surface area contributed by atoms with Crippen LogP contribution in [0, 0.1) is 11.8 Å². The number of hydrogen-bond donors (Lipinski definition) is 1. The highest BCUT2D eigenvalue weighted by atomic mass is 16.5. The summed E-state index contributed by atoms with van der Waals surface area (Å²) in [6, 6.07) is 10.7. The number of pyridine rings is 2. The summed E-state index contributed by atoms with van der Waals surface area (Å²) in [4.78, 5) is 29.2. The number of carbonyl (C=O) groups is 1. The second kappa shape index (κ2) is 10.3. The maximum atomic E-state index is 13.5. The number of allylic oxidation sites excluding steroid dienone is 3. The molecule has 1 N–H and O–H groups in total. The van der Waals surface area contributed by atoms with E-state index in [1.165, 1.54) is 6.92 Å². The Balaban J connectivity index is 2.21. The Morgan fingerprint density at radius 3 is 2.75 bits per heavy atom. The van der Waals surface area contributed by atoms with Crippen molar-refractivity contribution in [1.82, 2.24) is 14.9 Å². The van der Waals surface area contributed by atoms with Gasteiger partial charge in [-0.3, -0.25) is 14.2 Å². The number of carbonyl (C=O) groups excluding carboxylic acids is 1. The molecule has 0 saturated carbocycles. The smallest absolute Gasteiger partial charge is 0.264 e. The molecule has 0 spiro atoms. The lowest BCUT2D eigenvalue weighted by Gasteiger charge is -2.18. The fourth-order valence-electron chi connectivity index (χ4n) is 3.35. The Morgan fingerprint density at radius 1 is 1.22 bits per heavy atom. The van der Waals surface area contributed by atoms with Gasteiger partial charge in [0.15, 0.2) is 0 Å². The van der Waals surface area contributed by atoms with Crippen molar-refractivity contribution in [2.75, 3.05) is 7.11 Å². The van der Waals surface area contributed by atoms with Crippen molar-refractivity contribution in [2.45, 2.75) is 26.8 Å². The normalized spacial score (nSPS) is 12.0. The number of methoxy groups -OCH3 is 1. The monoisotopic (exact) mass is 427 g/mol. The van der Waals surface area contributed by atoms with Gasteiger partial charge in [-0.1, -0.05) is 36.1 Å². The lowest BCUT2D eigenvalue weighted by atomic mass is 10.0. The topological polar surface area (TPSA) is 73.2 Å². The van der Waals surface area contributed by atoms with Gasteiger partial charge in [-0.05, 0) is 43.5 Å². The van der Waals surface area contributed by atoms with Crippen LogP contribution in [-0.4, -0.2) is 22.6 Å². The molecule has 6 nitrogen and oxygen atoms in total. The standard InChI is InChI=1S/C26H25N3O3/c1-5-6-7-15-29-23(18(2)28-19(3)30)17-22-10-8-9-21(25(22)26(29)31)12-11-20-13-14-27-24(16-20)32-4/h5-10,13-18H,1-4H3,(H,28,30)/b6-5-,15-7-/t18-/m0/s1. The third-order valence-corrected chi connectivity index (χ3v) is 4.80. The van der Waals surface area contributed by atoms with E-state index >= 15 is 0 Å². The first-order valence-electron chi connectivity index (χ1n) is 10.2. The van der Waals surface area contributed by atoms with E-state index in [0.717, 1.165) is 10.9 Å². The van der Waals surface area contributed by atoms with Crippen LogP contribution in [0.5, 0.6) is 5.88 Å². The molecular weight excluding hydrogens is 402 g/mol. The van der Waals surface area contributed by atoms with Gasteiger partial charge >= 0.3 is 0 Å². The molecule has 0 saturated heterocycles. The van der Waals surface area contributed by atoms with E-state index in [-0.39, 0.29) is 17.5 Å². The van der Waals surface area contributed by atoms with Crippen molar-refractivity contribution < 1.29 is 9.53 Å². The predicted molar refractivity (Wildman–Crippen MR) is 127 cm³/mol. The molecule has 0 unspecified atom stereocenters. The minimum Gasteiger partial charge on any atom is -0.481 e. The largest absolute Gasteiger partial charge is 0.481 e. The van der Waals surface area contributed by atoms with Crippen molar-refractivity contribution in [3.63, 3.8) is 0 Å². The Kier molecular flexibility index (Phi) is 7.25. The van der Waals surface area contributed by atoms with Crippen molar-refractivity contribution in [3.8, 4) is 17.7 Å². The average Bonchev–Trinajstić information content (AvgIpc) is 2.78. The number of benzene rings is 1. The summed E-state index contributed by atoms with van der Waals surface area (Å²) in [6.45, 7) is 5.20. The SMILES string of the molecule is C/C=C\C=C/n1c([C@H](C)NC(C)=O)cc2cccc(C#Cc3ccnc(OC)c3)c2c1=O. The number of rotatable bonds is 5. The van der Waals surface area contributed by atoms with E-state index in [9.17, 15) is 9.59 Å². The number of hydrogen-bond acceptors (Lipinski definition) is 4. The first-order valence-corrected chi connectivity index (χ1v) is 10.2. The molecule has 2 aromatic heterocycles. The van der Waals surface area contributed by atoms with Gasteiger partial charge in [0.05, 0.1) is 18.5 Å². The number of aromatic nitrogens is 2. The third kappa shape index (κ3) is 5.13. The summed E-state index contributed by atoms with van der Waals surface area (Å²) in [7, 11) is 1.55. The maximum Gasteiger partial charge on any atom is 0.264 e. The molecule has 162 valence electrons. The van der Waals surface area contributed by atoms with Crippen LogP contribution in [0.4, 0.5) is 0 Å². The van der Waals surface area contributed by atoms with E-state index < -0.39 is 0 Å². The highest BCUT2D eigenvalue weighted by Crippen LogP contribution is 2.21. The molecule has 32 heavy (non-hydrogen) atoms. The average molecular weight is 428 g/mol. The minimum atomic E-state index is -0.348. The second-order valence-electron chi connectivity index (χ2n) is 7.14. The van der Waals surface area contributed by atoms with Crippen LogP contribution in [0.3, 0.4) is 0 Å². The van der Waals surface area contributed by atoms with Gasteiger partial charge in [0.1, 0.15) is 0 Å². The van der Waals surface area contributed by atoms with E-state index in [4.69, 9.17) is 4.74 Å². The predicted octanol–water partition coefficient (Wildman–Crippen LogP) is 4.05. The van der Waals surface area contributed by atoms with Crippen molar-refractivity contribution in [3.05, 3.63) is 88.0 Å². The first kappa shape index (κ1) is 22.6. The molecule has 3 aromatic rings. The van der Waals surface area contributed by atoms with Crippen LogP contribution in [-0.2, 0) is 4.79 Å². The third-order valence-electron chi connectivity index (χ3n) is 4.80. The van der Waals surface area contributed by atoms with E-state index in [1.807, 2.05) is 50.3 Å². The highest BCUT2D eigenvalue weighted by Gasteiger charge is 2.16. The van der Waals surface area contributed by atoms with Crippen molar-refractivity contribution in [1.29, 1.82) is 0 Å². The summed E-state index contributed by atoms with van der Waals surface area (Å²) in [6.07, 6.45) is 8.83. The minimum absolute atomic E-state index is 0.165. The van der Waals surface area contributed by atoms with Crippen LogP contribution in [0.15, 0.2) is 65.6 Å². The fourth-order valence-corrected chi connectivity index (χ4v) is 3.35. The Bertz CT molecular complexity index is 1320. The van der Waals surface area contributed by atoms with Crippen LogP contribution >= 0.6 is 0 Å². The van der Waals surface area contributed by atoms with Gasteiger partial charge in [0, 0.05) is 42.2 Å². The quantitative estimate of drug-likeness (QED) is 0.493. The summed E-state index contributed by atoms with van der Waals surface area (Å²) in [5.41, 5.74) is 1.84. The van der Waals surface area contributed by atoms with Gasteiger partial charge < -0.3 is 10.1 Å². The molecule has 0 bridgehead atoms. The highest BCUT2D eigenvalue weighted by molar-refractivity contribution is 5.88. The van der Waals surface area contributed by atoms with Gasteiger partial charge in [0.2, 0.25) is 11.8 Å². The van der Waals surface area contributed by atoms with Crippen LogP contribution in [0.25, 0.3) is 17.0 Å². The maximum absolute atomic E-state index is 13.5. The molecule has 6 heteroatoms. The van der Waals surface area contributed by atoms with E-state index in [0.29, 0.717) is 22.5 Å². The molecule has 1 aromatic carbocycles. The molecule has 0 aliphatic carbocycles. The number of nitrogens with one attached hydrogen (secondary N) is 1. The number of nitrogens with zero attached hydrogens (tertiary/aromatic N) is 2. The Labute approximate surface area is 187 Å². The molecule has 2 heterocycles. The summed E-state index contributed by atoms with van der Waals surface area (Å²) in [5, 5.41) is 4.14. The molecule has 3 rings (SSSR count). The zero-order valence-corrected chi connectivity index (χ0v) is 18.5. The number of ether oxygens (including phenoxy) is 1. The van der Waals surface area contributed by atoms with Gasteiger partial charge in [-0.15, -0.1) is 0 Å². The molecule has 0 fully saturated rings.